The van der Waals surface area contributed by atoms with Crippen molar-refractivity contribution in [1.29, 1.82) is 0 Å². The number of hydrogen-bond donors (Lipinski definition) is 2. The highest BCUT2D eigenvalue weighted by atomic mass is 32.2. The minimum Gasteiger partial charge on any atom is -0.368 e. The molecule has 0 aromatic heterocycles. The first-order valence-corrected chi connectivity index (χ1v) is 9.22. The van der Waals surface area contributed by atoms with Gasteiger partial charge in [0.1, 0.15) is 6.04 Å². The average molecular weight is 398 g/mol. The van der Waals surface area contributed by atoms with Crippen LogP contribution in [-0.4, -0.2) is 27.8 Å². The van der Waals surface area contributed by atoms with E-state index in [-0.39, 0.29) is 12.2 Å². The number of nitrogens with one attached hydrogen (secondary N) is 1. The van der Waals surface area contributed by atoms with Gasteiger partial charge in [0.15, 0.2) is 0 Å². The molecular formula is C18H17F3N2O3S. The van der Waals surface area contributed by atoms with E-state index >= 15 is 0 Å². The molecule has 27 heavy (non-hydrogen) atoms. The Kier molecular flexibility index (Phi) is 6.73. The zero-order chi connectivity index (χ0) is 20.0. The summed E-state index contributed by atoms with van der Waals surface area (Å²) in [5, 5.41) is 2.20. The molecule has 0 fully saturated rings. The largest absolute Gasteiger partial charge is 0.417 e. The second-order valence-corrected chi connectivity index (χ2v) is 7.19. The third-order valence-electron chi connectivity index (χ3n) is 3.72. The number of carbonyl (C=O) groups excluding carboxylic acids is 2. The molecule has 2 amide bonds. The molecule has 3 N–H and O–H groups in total. The van der Waals surface area contributed by atoms with Gasteiger partial charge >= 0.3 is 6.18 Å². The summed E-state index contributed by atoms with van der Waals surface area (Å²) in [5.41, 5.74) is 3.51. The maximum atomic E-state index is 13.0. The van der Waals surface area contributed by atoms with Crippen molar-refractivity contribution in [2.75, 3.05) is 5.75 Å². The zero-order valence-corrected chi connectivity index (χ0v) is 14.8. The Bertz CT molecular complexity index is 841. The molecule has 5 nitrogen and oxygen atoms in total. The molecule has 0 aliphatic carbocycles. The van der Waals surface area contributed by atoms with Gasteiger partial charge in [-0.05, 0) is 30.7 Å². The summed E-state index contributed by atoms with van der Waals surface area (Å²) in [6.07, 6.45) is -4.79. The smallest absolute Gasteiger partial charge is 0.368 e. The van der Waals surface area contributed by atoms with Crippen LogP contribution in [0.15, 0.2) is 59.5 Å². The van der Waals surface area contributed by atoms with Crippen molar-refractivity contribution in [2.24, 2.45) is 5.73 Å². The summed E-state index contributed by atoms with van der Waals surface area (Å²) in [5.74, 6) is -1.98. The number of rotatable bonds is 7. The lowest BCUT2D eigenvalue weighted by Gasteiger charge is -2.17. The monoisotopic (exact) mass is 398 g/mol. The number of nitrogens with two attached hydrogens (primary N) is 1. The third-order valence-corrected chi connectivity index (χ3v) is 5.13. The maximum absolute atomic E-state index is 13.0. The van der Waals surface area contributed by atoms with Gasteiger partial charge in [-0.1, -0.05) is 30.3 Å². The van der Waals surface area contributed by atoms with Crippen molar-refractivity contribution in [3.05, 3.63) is 65.7 Å². The van der Waals surface area contributed by atoms with Crippen LogP contribution in [0.3, 0.4) is 0 Å². The molecule has 0 unspecified atom stereocenters. The first-order valence-electron chi connectivity index (χ1n) is 7.90. The summed E-state index contributed by atoms with van der Waals surface area (Å²) < 4.78 is 51.3. The van der Waals surface area contributed by atoms with E-state index in [4.69, 9.17) is 5.73 Å². The fourth-order valence-corrected chi connectivity index (χ4v) is 3.51. The Balaban J connectivity index is 2.10. The number of hydrogen-bond acceptors (Lipinski definition) is 3. The fraction of sp³-hybridized carbons (Fsp3) is 0.222. The van der Waals surface area contributed by atoms with Gasteiger partial charge in [-0.25, -0.2) is 0 Å². The Labute approximate surface area is 156 Å². The Hall–Kier alpha value is -2.68. The molecular weight excluding hydrogens is 381 g/mol. The molecule has 2 aromatic carbocycles. The Morgan fingerprint density at radius 2 is 1.63 bits per heavy atom. The van der Waals surface area contributed by atoms with Crippen LogP contribution in [0.25, 0.3) is 0 Å². The summed E-state index contributed by atoms with van der Waals surface area (Å²) in [7, 11) is -1.44. The van der Waals surface area contributed by atoms with Gasteiger partial charge < -0.3 is 11.1 Å². The molecule has 0 saturated carbocycles. The van der Waals surface area contributed by atoms with Crippen molar-refractivity contribution in [1.82, 2.24) is 5.32 Å². The lowest BCUT2D eigenvalue weighted by Crippen LogP contribution is -2.45. The number of benzene rings is 2. The van der Waals surface area contributed by atoms with E-state index < -0.39 is 46.0 Å². The second-order valence-electron chi connectivity index (χ2n) is 5.62. The van der Waals surface area contributed by atoms with E-state index in [9.17, 15) is 27.0 Å². The van der Waals surface area contributed by atoms with Crippen LogP contribution in [0.2, 0.25) is 0 Å². The van der Waals surface area contributed by atoms with Gasteiger partial charge in [0, 0.05) is 10.6 Å². The van der Waals surface area contributed by atoms with E-state index in [1.807, 2.05) is 0 Å². The summed E-state index contributed by atoms with van der Waals surface area (Å²) in [4.78, 5) is 24.4. The first-order chi connectivity index (χ1) is 12.7. The van der Waals surface area contributed by atoms with Gasteiger partial charge in [-0.3, -0.25) is 13.8 Å². The highest BCUT2D eigenvalue weighted by molar-refractivity contribution is 7.85. The minimum absolute atomic E-state index is 0.0127. The second kappa shape index (κ2) is 8.81. The highest BCUT2D eigenvalue weighted by Gasteiger charge is 2.35. The minimum atomic E-state index is -4.72. The molecule has 0 aliphatic heterocycles. The SMILES string of the molecule is NC(=O)[C@H](CC[S@](=O)c1ccccc1)NC(=O)c1ccccc1C(F)(F)F. The number of primary amides is 1. The molecule has 2 atom stereocenters. The Morgan fingerprint density at radius 3 is 2.22 bits per heavy atom. The van der Waals surface area contributed by atoms with Gasteiger partial charge in [-0.15, -0.1) is 0 Å². The molecule has 2 aromatic rings. The van der Waals surface area contributed by atoms with Crippen LogP contribution in [0, 0.1) is 0 Å². The lowest BCUT2D eigenvalue weighted by atomic mass is 10.1. The van der Waals surface area contributed by atoms with Crippen LogP contribution >= 0.6 is 0 Å². The number of alkyl halides is 3. The molecule has 0 saturated heterocycles. The number of carbonyl (C=O) groups is 2. The quantitative estimate of drug-likeness (QED) is 0.751. The lowest BCUT2D eigenvalue weighted by molar-refractivity contribution is -0.137. The molecule has 0 heterocycles. The molecule has 2 rings (SSSR count). The number of amides is 2. The van der Waals surface area contributed by atoms with Crippen LogP contribution in [-0.2, 0) is 21.8 Å². The summed E-state index contributed by atoms with van der Waals surface area (Å²) in [6.45, 7) is 0. The number of halogens is 3. The Morgan fingerprint density at radius 1 is 1.04 bits per heavy atom. The van der Waals surface area contributed by atoms with E-state index in [0.717, 1.165) is 18.2 Å². The van der Waals surface area contributed by atoms with E-state index in [1.54, 1.807) is 30.3 Å². The third kappa shape index (κ3) is 5.65. The summed E-state index contributed by atoms with van der Waals surface area (Å²) in [6, 6.07) is 11.4. The maximum Gasteiger partial charge on any atom is 0.417 e. The molecule has 0 aliphatic rings. The van der Waals surface area contributed by atoms with Crippen molar-refractivity contribution < 1.29 is 27.0 Å². The molecule has 0 bridgehead atoms. The normalized spacial score (nSPS) is 13.6. The highest BCUT2D eigenvalue weighted by Crippen LogP contribution is 2.31. The molecule has 0 spiro atoms. The molecule has 144 valence electrons. The first kappa shape index (κ1) is 20.6. The fourth-order valence-electron chi connectivity index (χ4n) is 2.36. The van der Waals surface area contributed by atoms with Crippen LogP contribution in [0.1, 0.15) is 22.3 Å². The van der Waals surface area contributed by atoms with Gasteiger partial charge in [0.05, 0.1) is 21.9 Å². The predicted octanol–water partition coefficient (Wildman–Crippen LogP) is 2.49. The van der Waals surface area contributed by atoms with Crippen molar-refractivity contribution in [3.8, 4) is 0 Å². The standard InChI is InChI=1S/C18H17F3N2O3S/c19-18(20,21)14-9-5-4-8-13(14)17(25)23-15(16(22)24)10-11-27(26)12-6-2-1-3-7-12/h1-9,15H,10-11H2,(H2,22,24)(H,23,25)/t15-,27-/m0/s1. The van der Waals surface area contributed by atoms with Crippen molar-refractivity contribution in [2.45, 2.75) is 23.5 Å². The van der Waals surface area contributed by atoms with Crippen LogP contribution < -0.4 is 11.1 Å². The van der Waals surface area contributed by atoms with E-state index in [2.05, 4.69) is 5.32 Å². The molecule has 9 heteroatoms. The predicted molar refractivity (Wildman–Crippen MR) is 94.2 cm³/mol. The summed E-state index contributed by atoms with van der Waals surface area (Å²) >= 11 is 0. The van der Waals surface area contributed by atoms with E-state index in [0.29, 0.717) is 4.90 Å². The van der Waals surface area contributed by atoms with Gasteiger partial charge in [0.2, 0.25) is 5.91 Å². The topological polar surface area (TPSA) is 89.3 Å². The zero-order valence-electron chi connectivity index (χ0n) is 14.0. The van der Waals surface area contributed by atoms with Gasteiger partial charge in [-0.2, -0.15) is 13.2 Å². The average Bonchev–Trinajstić information content (AvgIpc) is 2.64. The molecule has 0 radical (unpaired) electrons. The van der Waals surface area contributed by atoms with Crippen molar-refractivity contribution >= 4 is 22.6 Å². The van der Waals surface area contributed by atoms with Crippen LogP contribution in [0.5, 0.6) is 0 Å². The van der Waals surface area contributed by atoms with Crippen LogP contribution in [0.4, 0.5) is 13.2 Å². The van der Waals surface area contributed by atoms with E-state index in [1.165, 1.54) is 6.07 Å². The van der Waals surface area contributed by atoms with Crippen molar-refractivity contribution in [3.63, 3.8) is 0 Å². The van der Waals surface area contributed by atoms with Gasteiger partial charge in [0.25, 0.3) is 5.91 Å².